The van der Waals surface area contributed by atoms with Gasteiger partial charge >= 0.3 is 0 Å². The first-order valence-corrected chi connectivity index (χ1v) is 15.7. The summed E-state index contributed by atoms with van der Waals surface area (Å²) in [4.78, 5) is 2.34. The summed E-state index contributed by atoms with van der Waals surface area (Å²) in [5.74, 6) is 0. The van der Waals surface area contributed by atoms with Crippen LogP contribution in [0.15, 0.2) is 180 Å². The van der Waals surface area contributed by atoms with Crippen molar-refractivity contribution < 1.29 is 4.42 Å². The molecule has 0 aliphatic carbocycles. The predicted molar refractivity (Wildman–Crippen MR) is 194 cm³/mol. The zero-order valence-corrected chi connectivity index (χ0v) is 25.1. The Morgan fingerprint density at radius 2 is 0.978 bits per heavy atom. The summed E-state index contributed by atoms with van der Waals surface area (Å²) >= 11 is 0. The van der Waals surface area contributed by atoms with E-state index in [-0.39, 0.29) is 0 Å². The van der Waals surface area contributed by atoms with Gasteiger partial charge in [-0.3, -0.25) is 0 Å². The average Bonchev–Trinajstić information content (AvgIpc) is 3.53. The van der Waals surface area contributed by atoms with Crippen molar-refractivity contribution in [2.45, 2.75) is 0 Å². The van der Waals surface area contributed by atoms with Crippen molar-refractivity contribution in [3.05, 3.63) is 176 Å². The normalized spacial score (nSPS) is 11.5. The third kappa shape index (κ3) is 4.35. The van der Waals surface area contributed by atoms with Crippen molar-refractivity contribution in [1.29, 1.82) is 0 Å². The van der Waals surface area contributed by atoms with Crippen LogP contribution in [-0.4, -0.2) is 0 Å². The number of hydrogen-bond donors (Lipinski definition) is 0. The lowest BCUT2D eigenvalue weighted by Crippen LogP contribution is -2.10. The highest BCUT2D eigenvalue weighted by molar-refractivity contribution is 6.21. The van der Waals surface area contributed by atoms with E-state index in [4.69, 9.17) is 4.42 Å². The molecule has 9 aromatic rings. The van der Waals surface area contributed by atoms with E-state index in [1.54, 1.807) is 0 Å². The molecule has 0 spiro atoms. The van der Waals surface area contributed by atoms with Crippen molar-refractivity contribution in [1.82, 2.24) is 0 Å². The lowest BCUT2D eigenvalue weighted by Gasteiger charge is -2.26. The maximum atomic E-state index is 7.02. The Bertz CT molecular complexity index is 2510. The second-order valence-corrected chi connectivity index (χ2v) is 11.7. The maximum absolute atomic E-state index is 7.02. The Balaban J connectivity index is 1.34. The summed E-state index contributed by atoms with van der Waals surface area (Å²) in [5.41, 5.74) is 9.62. The molecule has 0 saturated heterocycles. The summed E-state index contributed by atoms with van der Waals surface area (Å²) in [5, 5.41) is 6.93. The van der Waals surface area contributed by atoms with Crippen LogP contribution in [-0.2, 0) is 0 Å². The lowest BCUT2D eigenvalue weighted by atomic mass is 9.97. The summed E-state index contributed by atoms with van der Waals surface area (Å²) in [6.45, 7) is 0. The molecule has 0 saturated carbocycles. The molecular formula is C44H29NO. The fourth-order valence-corrected chi connectivity index (χ4v) is 6.81. The third-order valence-corrected chi connectivity index (χ3v) is 9.04. The van der Waals surface area contributed by atoms with Gasteiger partial charge in [0, 0.05) is 27.5 Å². The Morgan fingerprint density at radius 3 is 1.76 bits per heavy atom. The average molecular weight is 588 g/mol. The fourth-order valence-electron chi connectivity index (χ4n) is 6.81. The van der Waals surface area contributed by atoms with Crippen LogP contribution >= 0.6 is 0 Å². The Morgan fingerprint density at radius 1 is 0.370 bits per heavy atom. The molecule has 0 unspecified atom stereocenters. The summed E-state index contributed by atoms with van der Waals surface area (Å²) in [6.07, 6.45) is 0. The zero-order chi connectivity index (χ0) is 30.5. The number of nitrogens with zero attached hydrogens (tertiary/aromatic N) is 1. The molecular weight excluding hydrogens is 558 g/mol. The van der Waals surface area contributed by atoms with Gasteiger partial charge < -0.3 is 9.32 Å². The van der Waals surface area contributed by atoms with Gasteiger partial charge in [0.15, 0.2) is 5.58 Å². The maximum Gasteiger partial charge on any atom is 0.160 e. The molecule has 0 atom stereocenters. The first-order chi connectivity index (χ1) is 22.8. The number of benzene rings is 8. The van der Waals surface area contributed by atoms with Crippen LogP contribution in [0.25, 0.3) is 65.7 Å². The fraction of sp³-hybridized carbons (Fsp3) is 0. The van der Waals surface area contributed by atoms with Crippen LogP contribution < -0.4 is 4.90 Å². The van der Waals surface area contributed by atoms with E-state index in [9.17, 15) is 0 Å². The second-order valence-electron chi connectivity index (χ2n) is 11.7. The minimum Gasteiger partial charge on any atom is -0.453 e. The molecule has 0 amide bonds. The number of anilines is 3. The van der Waals surface area contributed by atoms with Gasteiger partial charge in [0.25, 0.3) is 0 Å². The molecule has 8 aromatic carbocycles. The minimum atomic E-state index is 0.869. The highest BCUT2D eigenvalue weighted by Gasteiger charge is 2.23. The van der Waals surface area contributed by atoms with Gasteiger partial charge in [-0.15, -0.1) is 0 Å². The molecule has 0 aliphatic heterocycles. The number of hydrogen-bond acceptors (Lipinski definition) is 2. The third-order valence-electron chi connectivity index (χ3n) is 9.04. The Hall–Kier alpha value is -6.12. The van der Waals surface area contributed by atoms with E-state index in [1.807, 2.05) is 0 Å². The van der Waals surface area contributed by atoms with Gasteiger partial charge in [-0.05, 0) is 74.8 Å². The molecule has 2 nitrogen and oxygen atoms in total. The van der Waals surface area contributed by atoms with E-state index in [1.165, 1.54) is 32.8 Å². The van der Waals surface area contributed by atoms with Gasteiger partial charge in [0.1, 0.15) is 5.58 Å². The number of rotatable bonds is 5. The smallest absolute Gasteiger partial charge is 0.160 e. The summed E-state index contributed by atoms with van der Waals surface area (Å²) in [6, 6.07) is 62.6. The van der Waals surface area contributed by atoms with Crippen LogP contribution in [0.4, 0.5) is 17.1 Å². The lowest BCUT2D eigenvalue weighted by molar-refractivity contribution is 0.673. The molecule has 0 radical (unpaired) electrons. The van der Waals surface area contributed by atoms with E-state index >= 15 is 0 Å². The van der Waals surface area contributed by atoms with Crippen molar-refractivity contribution in [3.8, 4) is 22.3 Å². The van der Waals surface area contributed by atoms with Gasteiger partial charge in [-0.1, -0.05) is 140 Å². The summed E-state index contributed by atoms with van der Waals surface area (Å²) in [7, 11) is 0. The monoisotopic (exact) mass is 587 g/mol. The molecule has 9 rings (SSSR count). The Kier molecular flexibility index (Phi) is 6.17. The van der Waals surface area contributed by atoms with Crippen LogP contribution in [0.5, 0.6) is 0 Å². The molecule has 0 aliphatic rings. The molecule has 2 heteroatoms. The molecule has 0 fully saturated rings. The first-order valence-electron chi connectivity index (χ1n) is 15.7. The Labute approximate surface area is 267 Å². The van der Waals surface area contributed by atoms with E-state index in [2.05, 4.69) is 181 Å². The molecule has 1 heterocycles. The van der Waals surface area contributed by atoms with Gasteiger partial charge in [-0.2, -0.15) is 0 Å². The van der Waals surface area contributed by atoms with E-state index in [0.29, 0.717) is 0 Å². The quantitative estimate of drug-likeness (QED) is 0.199. The highest BCUT2D eigenvalue weighted by Crippen LogP contribution is 2.47. The SMILES string of the molecule is c1ccc(-c2ccc(N(c3ccc4ccccc4c3)c3ccc(-c4ccccc4)c4c3oc3c5ccccc5ccc34)cc2)cc1. The zero-order valence-electron chi connectivity index (χ0n) is 25.1. The van der Waals surface area contributed by atoms with Gasteiger partial charge in [-0.25, -0.2) is 0 Å². The first kappa shape index (κ1) is 26.3. The van der Waals surface area contributed by atoms with Crippen molar-refractivity contribution >= 4 is 60.5 Å². The number of furan rings is 1. The molecule has 46 heavy (non-hydrogen) atoms. The van der Waals surface area contributed by atoms with Crippen LogP contribution in [0.3, 0.4) is 0 Å². The van der Waals surface area contributed by atoms with Crippen molar-refractivity contribution in [2.75, 3.05) is 4.90 Å². The second kappa shape index (κ2) is 10.8. The molecule has 1 aromatic heterocycles. The van der Waals surface area contributed by atoms with E-state index in [0.717, 1.165) is 50.0 Å². The topological polar surface area (TPSA) is 16.4 Å². The van der Waals surface area contributed by atoms with Crippen LogP contribution in [0.1, 0.15) is 0 Å². The van der Waals surface area contributed by atoms with Crippen molar-refractivity contribution in [2.24, 2.45) is 0 Å². The largest absolute Gasteiger partial charge is 0.453 e. The standard InChI is InChI=1S/C44H29NO/c1-3-11-30(12-4-1)32-19-23-36(24-20-32)45(37-25-21-31-13-7-8-17-35(31)29-37)41-28-27-38(33-14-5-2-6-15-33)42-40-26-22-34-16-9-10-18-39(34)43(40)46-44(41)42/h1-29H. The van der Waals surface area contributed by atoms with Crippen LogP contribution in [0, 0.1) is 0 Å². The van der Waals surface area contributed by atoms with Crippen LogP contribution in [0.2, 0.25) is 0 Å². The van der Waals surface area contributed by atoms with E-state index < -0.39 is 0 Å². The minimum absolute atomic E-state index is 0.869. The predicted octanol–water partition coefficient (Wildman–Crippen LogP) is 12.7. The molecule has 0 bridgehead atoms. The molecule has 216 valence electrons. The van der Waals surface area contributed by atoms with Gasteiger partial charge in [0.2, 0.25) is 0 Å². The summed E-state index contributed by atoms with van der Waals surface area (Å²) < 4.78 is 7.02. The highest BCUT2D eigenvalue weighted by atomic mass is 16.3. The number of fused-ring (bicyclic) bond motifs is 6. The van der Waals surface area contributed by atoms with Gasteiger partial charge in [0.05, 0.1) is 5.69 Å². The molecule has 0 N–H and O–H groups in total. The van der Waals surface area contributed by atoms with Crippen molar-refractivity contribution in [3.63, 3.8) is 0 Å².